The average molecular weight is 402 g/mol. The third kappa shape index (κ3) is 4.75. The lowest BCUT2D eigenvalue weighted by molar-refractivity contribution is -0.121. The van der Waals surface area contributed by atoms with Gasteiger partial charge in [0, 0.05) is 10.9 Å². The molecule has 0 saturated heterocycles. The van der Waals surface area contributed by atoms with Gasteiger partial charge >= 0.3 is 0 Å². The Morgan fingerprint density at radius 2 is 1.89 bits per heavy atom. The fraction of sp³-hybridized carbons (Fsp3) is 0.350. The molecule has 148 valence electrons. The Hall–Kier alpha value is -2.74. The molecule has 8 heteroatoms. The molecule has 0 atom stereocenters. The molecule has 0 saturated carbocycles. The van der Waals surface area contributed by atoms with Gasteiger partial charge in [-0.2, -0.15) is 5.10 Å². The molecule has 0 bridgehead atoms. The molecule has 0 aliphatic rings. The minimum Gasteiger partial charge on any atom is -0.350 e. The first-order valence-electron chi connectivity index (χ1n) is 8.93. The molecule has 1 aromatic carbocycles. The molecule has 6 nitrogen and oxygen atoms in total. The summed E-state index contributed by atoms with van der Waals surface area (Å²) < 4.78 is 14.9. The molecule has 0 unspecified atom stereocenters. The minimum absolute atomic E-state index is 0.0783. The third-order valence-electron chi connectivity index (χ3n) is 4.00. The van der Waals surface area contributed by atoms with Gasteiger partial charge in [-0.25, -0.2) is 4.39 Å². The fourth-order valence-electron chi connectivity index (χ4n) is 2.80. The van der Waals surface area contributed by atoms with E-state index < -0.39 is 0 Å². The maximum absolute atomic E-state index is 13.1. The van der Waals surface area contributed by atoms with Gasteiger partial charge in [-0.05, 0) is 51.5 Å². The van der Waals surface area contributed by atoms with E-state index in [4.69, 9.17) is 0 Å². The molecule has 0 fully saturated rings. The van der Waals surface area contributed by atoms with Crippen LogP contribution >= 0.6 is 11.3 Å². The van der Waals surface area contributed by atoms with Gasteiger partial charge < -0.3 is 10.6 Å². The molecule has 28 heavy (non-hydrogen) atoms. The Morgan fingerprint density at radius 1 is 1.21 bits per heavy atom. The molecule has 0 spiro atoms. The van der Waals surface area contributed by atoms with Crippen molar-refractivity contribution in [1.29, 1.82) is 0 Å². The summed E-state index contributed by atoms with van der Waals surface area (Å²) in [7, 11) is 0. The molecule has 2 amide bonds. The molecule has 3 rings (SSSR count). The zero-order valence-electron chi connectivity index (χ0n) is 16.3. The number of halogens is 1. The molecule has 2 aromatic heterocycles. The van der Waals surface area contributed by atoms with Crippen LogP contribution in [0.25, 0.3) is 10.2 Å². The zero-order chi connectivity index (χ0) is 20.5. The van der Waals surface area contributed by atoms with Crippen LogP contribution < -0.4 is 10.6 Å². The number of thiophene rings is 1. The summed E-state index contributed by atoms with van der Waals surface area (Å²) in [5.41, 5.74) is 1.39. The van der Waals surface area contributed by atoms with E-state index in [1.165, 1.54) is 23.5 Å². The predicted octanol–water partition coefficient (Wildman–Crippen LogP) is 3.24. The average Bonchev–Trinajstić information content (AvgIpc) is 3.15. The summed E-state index contributed by atoms with van der Waals surface area (Å²) >= 11 is 1.32. The van der Waals surface area contributed by atoms with Gasteiger partial charge in [0.25, 0.3) is 5.91 Å². The van der Waals surface area contributed by atoms with E-state index in [2.05, 4.69) is 15.7 Å². The van der Waals surface area contributed by atoms with Crippen molar-refractivity contribution < 1.29 is 14.0 Å². The summed E-state index contributed by atoms with van der Waals surface area (Å²) in [4.78, 5) is 25.7. The molecule has 0 aliphatic heterocycles. The first kappa shape index (κ1) is 20.0. The van der Waals surface area contributed by atoms with Crippen molar-refractivity contribution in [3.63, 3.8) is 0 Å². The number of aryl methyl sites for hydroxylation is 1. The number of fused-ring (bicyclic) bond motifs is 1. The lowest BCUT2D eigenvalue weighted by Crippen LogP contribution is -2.45. The first-order valence-corrected chi connectivity index (χ1v) is 9.74. The molecule has 3 aromatic rings. The summed E-state index contributed by atoms with van der Waals surface area (Å²) in [5.74, 6) is -0.810. The maximum atomic E-state index is 13.1. The number of hydrogen-bond acceptors (Lipinski definition) is 4. The highest BCUT2D eigenvalue weighted by molar-refractivity contribution is 7.20. The molecular formula is C20H23FN4O2S. The van der Waals surface area contributed by atoms with Crippen LogP contribution in [0.15, 0.2) is 30.3 Å². The van der Waals surface area contributed by atoms with Crippen LogP contribution in [0.5, 0.6) is 0 Å². The van der Waals surface area contributed by atoms with Crippen LogP contribution in [0.1, 0.15) is 41.7 Å². The van der Waals surface area contributed by atoms with Gasteiger partial charge in [0.15, 0.2) is 0 Å². The van der Waals surface area contributed by atoms with Crippen molar-refractivity contribution in [2.45, 2.75) is 39.8 Å². The van der Waals surface area contributed by atoms with Gasteiger partial charge in [-0.3, -0.25) is 14.3 Å². The lowest BCUT2D eigenvalue weighted by Gasteiger charge is -2.20. The SMILES string of the molecule is Cc1nn(Cc2ccc(F)cc2)c2sc(C(=O)NCC(=O)NC(C)(C)C)cc12. The Kier molecular flexibility index (Phi) is 5.51. The Bertz CT molecular complexity index is 1020. The highest BCUT2D eigenvalue weighted by Crippen LogP contribution is 2.28. The third-order valence-corrected chi connectivity index (χ3v) is 5.15. The van der Waals surface area contributed by atoms with Crippen LogP contribution in [0.3, 0.4) is 0 Å². The smallest absolute Gasteiger partial charge is 0.261 e. The number of amides is 2. The summed E-state index contributed by atoms with van der Waals surface area (Å²) in [6.07, 6.45) is 0. The second-order valence-corrected chi connectivity index (χ2v) is 8.71. The second kappa shape index (κ2) is 7.71. The minimum atomic E-state index is -0.347. The fourth-order valence-corrected chi connectivity index (χ4v) is 3.88. The quantitative estimate of drug-likeness (QED) is 0.688. The van der Waals surface area contributed by atoms with Crippen LogP contribution in [-0.4, -0.2) is 33.7 Å². The topological polar surface area (TPSA) is 76.0 Å². The van der Waals surface area contributed by atoms with Crippen molar-refractivity contribution in [2.24, 2.45) is 0 Å². The molecule has 2 N–H and O–H groups in total. The number of carbonyl (C=O) groups excluding carboxylic acids is 2. The van der Waals surface area contributed by atoms with E-state index in [1.54, 1.807) is 18.2 Å². The van der Waals surface area contributed by atoms with Crippen molar-refractivity contribution in [2.75, 3.05) is 6.54 Å². The number of carbonyl (C=O) groups is 2. The first-order chi connectivity index (χ1) is 13.1. The normalized spacial score (nSPS) is 11.6. The monoisotopic (exact) mass is 402 g/mol. The highest BCUT2D eigenvalue weighted by Gasteiger charge is 2.18. The number of rotatable bonds is 5. The van der Waals surface area contributed by atoms with Gasteiger partial charge in [-0.1, -0.05) is 12.1 Å². The Labute approximate surface area is 166 Å². The Balaban J connectivity index is 1.74. The largest absolute Gasteiger partial charge is 0.350 e. The molecular weight excluding hydrogens is 379 g/mol. The van der Waals surface area contributed by atoms with E-state index >= 15 is 0 Å². The summed E-state index contributed by atoms with van der Waals surface area (Å²) in [6.45, 7) is 7.94. The summed E-state index contributed by atoms with van der Waals surface area (Å²) in [6, 6.07) is 8.05. The predicted molar refractivity (Wildman–Crippen MR) is 108 cm³/mol. The second-order valence-electron chi connectivity index (χ2n) is 7.68. The maximum Gasteiger partial charge on any atom is 0.261 e. The van der Waals surface area contributed by atoms with Crippen molar-refractivity contribution in [3.8, 4) is 0 Å². The van der Waals surface area contributed by atoms with E-state index in [0.29, 0.717) is 11.4 Å². The van der Waals surface area contributed by atoms with E-state index in [0.717, 1.165) is 21.5 Å². The Morgan fingerprint density at radius 3 is 2.54 bits per heavy atom. The standard InChI is InChI=1S/C20H23FN4O2S/c1-12-15-9-16(18(27)22-10-17(26)23-20(2,3)4)28-19(15)25(24-12)11-13-5-7-14(21)8-6-13/h5-9H,10-11H2,1-4H3,(H,22,27)(H,23,26). The zero-order valence-corrected chi connectivity index (χ0v) is 17.1. The van der Waals surface area contributed by atoms with Crippen molar-refractivity contribution >= 4 is 33.4 Å². The lowest BCUT2D eigenvalue weighted by atomic mass is 10.1. The van der Waals surface area contributed by atoms with Gasteiger partial charge in [0.2, 0.25) is 5.91 Å². The number of hydrogen-bond donors (Lipinski definition) is 2. The number of nitrogens with one attached hydrogen (secondary N) is 2. The van der Waals surface area contributed by atoms with Gasteiger partial charge in [-0.15, -0.1) is 11.3 Å². The molecule has 0 radical (unpaired) electrons. The van der Waals surface area contributed by atoms with Gasteiger partial charge in [0.05, 0.1) is 23.7 Å². The van der Waals surface area contributed by atoms with Crippen LogP contribution in [0.2, 0.25) is 0 Å². The van der Waals surface area contributed by atoms with Crippen LogP contribution in [0.4, 0.5) is 4.39 Å². The number of nitrogens with zero attached hydrogens (tertiary/aromatic N) is 2. The van der Waals surface area contributed by atoms with E-state index in [1.807, 2.05) is 32.4 Å². The van der Waals surface area contributed by atoms with E-state index in [9.17, 15) is 14.0 Å². The molecule has 2 heterocycles. The number of benzene rings is 1. The van der Waals surface area contributed by atoms with Crippen LogP contribution in [-0.2, 0) is 11.3 Å². The van der Waals surface area contributed by atoms with E-state index in [-0.39, 0.29) is 29.7 Å². The van der Waals surface area contributed by atoms with Gasteiger partial charge in [0.1, 0.15) is 10.6 Å². The summed E-state index contributed by atoms with van der Waals surface area (Å²) in [5, 5.41) is 10.9. The number of aromatic nitrogens is 2. The van der Waals surface area contributed by atoms with Crippen molar-refractivity contribution in [1.82, 2.24) is 20.4 Å². The van der Waals surface area contributed by atoms with Crippen molar-refractivity contribution in [3.05, 3.63) is 52.3 Å². The van der Waals surface area contributed by atoms with Crippen LogP contribution in [0, 0.1) is 12.7 Å². The highest BCUT2D eigenvalue weighted by atomic mass is 32.1. The molecule has 0 aliphatic carbocycles.